The number of hydrogen-bond donors (Lipinski definition) is 3. The van der Waals surface area contributed by atoms with Gasteiger partial charge in [-0.25, -0.2) is 19.9 Å². The molecule has 0 atom stereocenters. The second-order valence-electron chi connectivity index (χ2n) is 19.0. The Hall–Kier alpha value is -7.51. The summed E-state index contributed by atoms with van der Waals surface area (Å²) in [6, 6.07) is 12.8. The molecule has 10 heterocycles. The molecule has 2 amide bonds. The molecule has 2 saturated heterocycles. The van der Waals surface area contributed by atoms with Crippen LogP contribution < -0.4 is 39.3 Å². The van der Waals surface area contributed by atoms with Gasteiger partial charge in [-0.15, -0.1) is 0 Å². The third-order valence-electron chi connectivity index (χ3n) is 14.6. The molecule has 2 aliphatic carbocycles. The van der Waals surface area contributed by atoms with Gasteiger partial charge in [0.2, 0.25) is 17.8 Å². The Labute approximate surface area is 444 Å². The number of nitrogens with zero attached hydrogens (tertiary/aromatic N) is 14. The van der Waals surface area contributed by atoms with E-state index in [4.69, 9.17) is 19.8 Å². The van der Waals surface area contributed by atoms with E-state index >= 15 is 0 Å². The van der Waals surface area contributed by atoms with Gasteiger partial charge in [0, 0.05) is 118 Å². The van der Waals surface area contributed by atoms with E-state index in [1.807, 2.05) is 86.0 Å². The van der Waals surface area contributed by atoms with Crippen molar-refractivity contribution >= 4 is 96.6 Å². The van der Waals surface area contributed by atoms with Crippen LogP contribution in [0.2, 0.25) is 0 Å². The molecule has 0 bridgehead atoms. The maximum absolute atomic E-state index is 12.2. The van der Waals surface area contributed by atoms with Crippen molar-refractivity contribution in [3.63, 3.8) is 0 Å². The van der Waals surface area contributed by atoms with Crippen molar-refractivity contribution in [2.24, 2.45) is 0 Å². The average Bonchev–Trinajstić information content (AvgIpc) is 4.27. The normalized spacial score (nSPS) is 16.2. The van der Waals surface area contributed by atoms with Gasteiger partial charge in [-0.2, -0.15) is 9.97 Å². The number of carbonyl (C=O) groups excluding carboxylic acids is 3. The fourth-order valence-corrected chi connectivity index (χ4v) is 10.8. The molecular weight excluding hydrogens is 952 g/mol. The van der Waals surface area contributed by atoms with Gasteiger partial charge in [0.1, 0.15) is 29.5 Å². The Bertz CT molecular complexity index is 3270. The standard InChI is InChI=1S/C27H30N8O3.C25H28N8O2.Li.H2O/c1-18(36)38-17-25(37)34-12-10-33(11-13-34)20-6-7-24(29-14-20)31-27-30-15-22-21-8-9-28-16-23(21)35(26(22)32-27)19-4-2-3-5-19;34-16-23(35)32-11-9-31(10-12-32)18-5-6-22(27-13-18)29-25-28-14-20-19-7-8-26-15-21(19)33(24(20)30-25)17-3-1-2-4-17;;/h6-9,14-16,19H,2-5,10-13,17H2,1H3,(H,29,30,31,32);5-8,13-15,17,34H,1-4,9-12,16H2,(H,27,28,29,30);;1H2/q;;+1;/p-1. The van der Waals surface area contributed by atoms with E-state index < -0.39 is 12.6 Å². The van der Waals surface area contributed by atoms with E-state index in [2.05, 4.69) is 59.5 Å². The fourth-order valence-electron chi connectivity index (χ4n) is 10.8. The van der Waals surface area contributed by atoms with Crippen LogP contribution in [0.3, 0.4) is 0 Å². The zero-order valence-corrected chi connectivity index (χ0v) is 42.3. The zero-order valence-electron chi connectivity index (χ0n) is 42.3. The van der Waals surface area contributed by atoms with Crippen LogP contribution in [-0.4, -0.2) is 153 Å². The van der Waals surface area contributed by atoms with E-state index in [1.165, 1.54) is 32.6 Å². The fraction of sp³-hybridized carbons (Fsp3) is 0.404. The monoisotopic (exact) mass is 1010 g/mol. The largest absolute Gasteiger partial charge is 1.00 e. The van der Waals surface area contributed by atoms with Gasteiger partial charge in [-0.3, -0.25) is 24.4 Å². The SMILES string of the molecule is CC(=O)OCC(=O)N1CCN(c2ccc(Nc3ncc4c5ccncc5n(C5CCCC5)c4n3)nc2)CC1.O=C(CO)N1CCN(c2ccc(Nc3ncc4c5ccncc5n(C5CCCC5)c4n3)nc2)CC1.[Li+].[OH-]. The first-order valence-electron chi connectivity index (χ1n) is 25.2. The molecule has 12 rings (SSSR count). The second-order valence-corrected chi connectivity index (χ2v) is 19.0. The summed E-state index contributed by atoms with van der Waals surface area (Å²) in [6.45, 7) is 5.77. The van der Waals surface area contributed by atoms with E-state index in [-0.39, 0.29) is 42.8 Å². The minimum Gasteiger partial charge on any atom is -0.870 e. The first-order valence-corrected chi connectivity index (χ1v) is 25.2. The Balaban J connectivity index is 0.000000179. The minimum absolute atomic E-state index is 0. The number of piperazine rings is 2. The number of aliphatic hydroxyl groups is 1. The number of aromatic nitrogens is 10. The molecule has 0 unspecified atom stereocenters. The smallest absolute Gasteiger partial charge is 0.870 e. The number of amides is 2. The van der Waals surface area contributed by atoms with Crippen molar-refractivity contribution in [3.05, 3.63) is 86.0 Å². The van der Waals surface area contributed by atoms with Gasteiger partial charge in [-0.05, 0) is 62.1 Å². The molecule has 4 fully saturated rings. The van der Waals surface area contributed by atoms with Gasteiger partial charge >= 0.3 is 24.8 Å². The molecule has 4 N–H and O–H groups in total. The van der Waals surface area contributed by atoms with Crippen LogP contribution in [0.5, 0.6) is 0 Å². The number of carbonyl (C=O) groups is 3. The quantitative estimate of drug-likeness (QED) is 0.124. The van der Waals surface area contributed by atoms with Crippen molar-refractivity contribution in [1.82, 2.24) is 58.8 Å². The molecule has 8 aromatic rings. The summed E-state index contributed by atoms with van der Waals surface area (Å²) < 4.78 is 9.51. The number of rotatable bonds is 11. The van der Waals surface area contributed by atoms with Crippen molar-refractivity contribution < 1.29 is 48.6 Å². The number of pyridine rings is 4. The van der Waals surface area contributed by atoms with Gasteiger partial charge in [0.25, 0.3) is 5.91 Å². The molecule has 0 aromatic carbocycles. The van der Waals surface area contributed by atoms with Crippen LogP contribution in [0, 0.1) is 0 Å². The molecule has 23 heteroatoms. The van der Waals surface area contributed by atoms with Gasteiger partial charge < -0.3 is 54.7 Å². The van der Waals surface area contributed by atoms with Gasteiger partial charge in [0.05, 0.1) is 47.2 Å². The van der Waals surface area contributed by atoms with E-state index in [0.29, 0.717) is 88.0 Å². The Kier molecular flexibility index (Phi) is 16.3. The molecule has 2 aliphatic heterocycles. The van der Waals surface area contributed by atoms with Crippen molar-refractivity contribution in [2.75, 3.05) is 86.0 Å². The van der Waals surface area contributed by atoms with Crippen LogP contribution in [-0.2, 0) is 19.1 Å². The van der Waals surface area contributed by atoms with Crippen LogP contribution in [0.15, 0.2) is 86.0 Å². The number of ether oxygens (including phenoxy) is 1. The Morgan fingerprint density at radius 3 is 1.41 bits per heavy atom. The molecule has 4 aliphatic rings. The summed E-state index contributed by atoms with van der Waals surface area (Å²) in [4.78, 5) is 79.5. The predicted octanol–water partition coefficient (Wildman–Crippen LogP) is 3.15. The van der Waals surface area contributed by atoms with Crippen molar-refractivity contribution in [2.45, 2.75) is 70.4 Å². The molecule has 22 nitrogen and oxygen atoms in total. The minimum atomic E-state index is -0.449. The van der Waals surface area contributed by atoms with Gasteiger partial charge in [0.15, 0.2) is 6.61 Å². The van der Waals surface area contributed by atoms with Crippen LogP contribution in [0.25, 0.3) is 43.9 Å². The van der Waals surface area contributed by atoms with Crippen LogP contribution >= 0.6 is 0 Å². The summed E-state index contributed by atoms with van der Waals surface area (Å²) in [5, 5.41) is 19.9. The van der Waals surface area contributed by atoms with E-state index in [9.17, 15) is 14.4 Å². The maximum Gasteiger partial charge on any atom is 1.00 e. The van der Waals surface area contributed by atoms with Gasteiger partial charge in [-0.1, -0.05) is 25.7 Å². The Morgan fingerprint density at radius 1 is 0.573 bits per heavy atom. The third-order valence-corrected chi connectivity index (χ3v) is 14.6. The molecule has 2 saturated carbocycles. The van der Waals surface area contributed by atoms with E-state index in [0.717, 1.165) is 80.9 Å². The molecule has 8 aromatic heterocycles. The number of esters is 1. The Morgan fingerprint density at radius 2 is 1.01 bits per heavy atom. The number of hydrogen-bond acceptors (Lipinski definition) is 18. The molecular formula is C52H59LiN16O6. The molecule has 0 spiro atoms. The maximum atomic E-state index is 12.2. The van der Waals surface area contributed by atoms with Crippen LogP contribution in [0.4, 0.5) is 34.9 Å². The average molecular weight is 1010 g/mol. The summed E-state index contributed by atoms with van der Waals surface area (Å²) in [5.74, 6) is 1.52. The summed E-state index contributed by atoms with van der Waals surface area (Å²) in [5.41, 5.74) is 6.06. The molecule has 75 heavy (non-hydrogen) atoms. The van der Waals surface area contributed by atoms with Crippen LogP contribution in [0.1, 0.15) is 70.4 Å². The first-order chi connectivity index (χ1) is 35.8. The number of fused-ring (bicyclic) bond motifs is 6. The summed E-state index contributed by atoms with van der Waals surface area (Å²) in [7, 11) is 0. The van der Waals surface area contributed by atoms with Crippen molar-refractivity contribution in [1.29, 1.82) is 0 Å². The van der Waals surface area contributed by atoms with Crippen molar-refractivity contribution in [3.8, 4) is 0 Å². The van der Waals surface area contributed by atoms with E-state index in [1.54, 1.807) is 9.80 Å². The summed E-state index contributed by atoms with van der Waals surface area (Å²) >= 11 is 0. The number of anilines is 6. The third kappa shape index (κ3) is 11.1. The topological polar surface area (TPSA) is 261 Å². The molecule has 384 valence electrons. The molecule has 0 radical (unpaired) electrons. The zero-order chi connectivity index (χ0) is 49.8. The first kappa shape index (κ1) is 52.4. The number of aliphatic hydroxyl groups excluding tert-OH is 1. The summed E-state index contributed by atoms with van der Waals surface area (Å²) in [6.07, 6.45) is 24.5. The second kappa shape index (κ2) is 23.4. The predicted molar refractivity (Wildman–Crippen MR) is 279 cm³/mol. The number of nitrogens with one attached hydrogen (secondary N) is 2.